The van der Waals surface area contributed by atoms with Gasteiger partial charge >= 0.3 is 0 Å². The molecule has 1 unspecified atom stereocenters. The van der Waals surface area contributed by atoms with Crippen LogP contribution in [0, 0.1) is 0 Å². The number of benzene rings is 1. The van der Waals surface area contributed by atoms with E-state index >= 15 is 0 Å². The van der Waals surface area contributed by atoms with Gasteiger partial charge in [-0.1, -0.05) is 30.3 Å². The molecule has 0 aliphatic carbocycles. The Bertz CT molecular complexity index is 331. The van der Waals surface area contributed by atoms with Gasteiger partial charge in [0.2, 0.25) is 0 Å². The Morgan fingerprint density at radius 1 is 1.11 bits per heavy atom. The van der Waals surface area contributed by atoms with E-state index in [1.165, 1.54) is 31.7 Å². The van der Waals surface area contributed by atoms with Gasteiger partial charge in [0.25, 0.3) is 0 Å². The zero-order chi connectivity index (χ0) is 12.8. The van der Waals surface area contributed by atoms with Crippen molar-refractivity contribution in [3.63, 3.8) is 0 Å². The largest absolute Gasteiger partial charge is 0.330 e. The molecule has 0 spiro atoms. The molecular weight excluding hydrogens is 222 g/mol. The molecule has 1 heterocycles. The van der Waals surface area contributed by atoms with Crippen molar-refractivity contribution in [1.82, 2.24) is 9.80 Å². The minimum absolute atomic E-state index is 0.530. The van der Waals surface area contributed by atoms with Crippen LogP contribution in [0.5, 0.6) is 0 Å². The van der Waals surface area contributed by atoms with E-state index < -0.39 is 0 Å². The molecule has 2 rings (SSSR count). The summed E-state index contributed by atoms with van der Waals surface area (Å²) in [5.74, 6) is 0. The molecule has 1 saturated heterocycles. The Kier molecular flexibility index (Phi) is 5.17. The van der Waals surface area contributed by atoms with Crippen LogP contribution in [0.25, 0.3) is 0 Å². The Labute approximate surface area is 111 Å². The lowest BCUT2D eigenvalue weighted by atomic mass is 10.1. The van der Waals surface area contributed by atoms with E-state index in [4.69, 9.17) is 5.73 Å². The van der Waals surface area contributed by atoms with Crippen molar-refractivity contribution in [2.45, 2.75) is 19.4 Å². The van der Waals surface area contributed by atoms with Gasteiger partial charge in [0.05, 0.1) is 0 Å². The molecule has 0 saturated carbocycles. The SMILES string of the molecule is CC(c1ccccc1)N1CCN(CCCN)CC1. The van der Waals surface area contributed by atoms with Crippen molar-refractivity contribution < 1.29 is 0 Å². The van der Waals surface area contributed by atoms with Crippen LogP contribution >= 0.6 is 0 Å². The van der Waals surface area contributed by atoms with Gasteiger partial charge in [-0.25, -0.2) is 0 Å². The fourth-order valence-electron chi connectivity index (χ4n) is 2.63. The highest BCUT2D eigenvalue weighted by molar-refractivity contribution is 5.18. The van der Waals surface area contributed by atoms with E-state index in [1.807, 2.05) is 0 Å². The average Bonchev–Trinajstić information content (AvgIpc) is 2.46. The highest BCUT2D eigenvalue weighted by Crippen LogP contribution is 2.21. The summed E-state index contributed by atoms with van der Waals surface area (Å²) in [6.45, 7) is 8.96. The molecule has 1 aromatic rings. The van der Waals surface area contributed by atoms with Gasteiger partial charge in [0.1, 0.15) is 0 Å². The molecule has 1 aliphatic rings. The number of piperazine rings is 1. The van der Waals surface area contributed by atoms with E-state index in [9.17, 15) is 0 Å². The van der Waals surface area contributed by atoms with Crippen LogP contribution in [0.4, 0.5) is 0 Å². The van der Waals surface area contributed by atoms with Crippen molar-refractivity contribution in [3.05, 3.63) is 35.9 Å². The summed E-state index contributed by atoms with van der Waals surface area (Å²) in [6, 6.07) is 11.3. The third-order valence-corrected chi connectivity index (χ3v) is 3.92. The van der Waals surface area contributed by atoms with Crippen LogP contribution in [0.15, 0.2) is 30.3 Å². The quantitative estimate of drug-likeness (QED) is 0.860. The second kappa shape index (κ2) is 6.88. The first-order valence-corrected chi connectivity index (χ1v) is 7.02. The summed E-state index contributed by atoms with van der Waals surface area (Å²) in [5.41, 5.74) is 6.98. The van der Waals surface area contributed by atoms with Gasteiger partial charge in [-0.2, -0.15) is 0 Å². The van der Waals surface area contributed by atoms with E-state index in [2.05, 4.69) is 47.1 Å². The summed E-state index contributed by atoms with van der Waals surface area (Å²) in [7, 11) is 0. The van der Waals surface area contributed by atoms with Crippen molar-refractivity contribution >= 4 is 0 Å². The molecule has 0 radical (unpaired) electrons. The summed E-state index contributed by atoms with van der Waals surface area (Å²) in [6.07, 6.45) is 1.12. The first kappa shape index (κ1) is 13.5. The number of hydrogen-bond acceptors (Lipinski definition) is 3. The topological polar surface area (TPSA) is 32.5 Å². The second-order valence-corrected chi connectivity index (χ2v) is 5.11. The predicted molar refractivity (Wildman–Crippen MR) is 76.5 cm³/mol. The van der Waals surface area contributed by atoms with Crippen molar-refractivity contribution in [2.75, 3.05) is 39.3 Å². The number of rotatable bonds is 5. The molecule has 100 valence electrons. The predicted octanol–water partition coefficient (Wildman–Crippen LogP) is 1.71. The van der Waals surface area contributed by atoms with E-state index in [-0.39, 0.29) is 0 Å². The van der Waals surface area contributed by atoms with Crippen LogP contribution in [0.2, 0.25) is 0 Å². The van der Waals surface area contributed by atoms with Gasteiger partial charge < -0.3 is 10.6 Å². The maximum atomic E-state index is 5.56. The lowest BCUT2D eigenvalue weighted by Crippen LogP contribution is -2.47. The summed E-state index contributed by atoms with van der Waals surface area (Å²) in [4.78, 5) is 5.11. The average molecular weight is 247 g/mol. The Morgan fingerprint density at radius 2 is 1.78 bits per heavy atom. The summed E-state index contributed by atoms with van der Waals surface area (Å²) in [5, 5.41) is 0. The molecule has 3 nitrogen and oxygen atoms in total. The van der Waals surface area contributed by atoms with Crippen LogP contribution in [-0.2, 0) is 0 Å². The fourth-order valence-corrected chi connectivity index (χ4v) is 2.63. The standard InChI is InChI=1S/C15H25N3/c1-14(15-6-3-2-4-7-15)18-12-10-17(11-13-18)9-5-8-16/h2-4,6-7,14H,5,8-13,16H2,1H3. The molecule has 3 heteroatoms. The molecule has 18 heavy (non-hydrogen) atoms. The van der Waals surface area contributed by atoms with Gasteiger partial charge in [-0.3, -0.25) is 4.90 Å². The second-order valence-electron chi connectivity index (χ2n) is 5.11. The Morgan fingerprint density at radius 3 is 2.39 bits per heavy atom. The molecule has 1 atom stereocenters. The lowest BCUT2D eigenvalue weighted by Gasteiger charge is -2.38. The van der Waals surface area contributed by atoms with Crippen LogP contribution in [-0.4, -0.2) is 49.1 Å². The first-order chi connectivity index (χ1) is 8.81. The molecule has 0 aromatic heterocycles. The minimum Gasteiger partial charge on any atom is -0.330 e. The molecule has 0 bridgehead atoms. The lowest BCUT2D eigenvalue weighted by molar-refractivity contribution is 0.102. The van der Waals surface area contributed by atoms with Gasteiger partial charge in [-0.05, 0) is 32.0 Å². The summed E-state index contributed by atoms with van der Waals surface area (Å²) >= 11 is 0. The number of nitrogens with zero attached hydrogens (tertiary/aromatic N) is 2. The van der Waals surface area contributed by atoms with Crippen LogP contribution in [0.3, 0.4) is 0 Å². The minimum atomic E-state index is 0.530. The normalized spacial score (nSPS) is 19.9. The monoisotopic (exact) mass is 247 g/mol. The molecule has 1 aliphatic heterocycles. The molecule has 1 aromatic carbocycles. The molecular formula is C15H25N3. The van der Waals surface area contributed by atoms with E-state index in [0.29, 0.717) is 6.04 Å². The molecule has 2 N–H and O–H groups in total. The van der Waals surface area contributed by atoms with E-state index in [0.717, 1.165) is 19.5 Å². The number of hydrogen-bond donors (Lipinski definition) is 1. The third kappa shape index (κ3) is 3.55. The van der Waals surface area contributed by atoms with Crippen molar-refractivity contribution in [3.8, 4) is 0 Å². The van der Waals surface area contributed by atoms with Crippen molar-refractivity contribution in [1.29, 1.82) is 0 Å². The molecule has 0 amide bonds. The number of nitrogens with two attached hydrogens (primary N) is 1. The maximum absolute atomic E-state index is 5.56. The smallest absolute Gasteiger partial charge is 0.0320 e. The third-order valence-electron chi connectivity index (χ3n) is 3.92. The fraction of sp³-hybridized carbons (Fsp3) is 0.600. The summed E-state index contributed by atoms with van der Waals surface area (Å²) < 4.78 is 0. The zero-order valence-corrected chi connectivity index (χ0v) is 11.4. The first-order valence-electron chi connectivity index (χ1n) is 7.02. The van der Waals surface area contributed by atoms with Gasteiger partial charge in [0, 0.05) is 32.2 Å². The highest BCUT2D eigenvalue weighted by Gasteiger charge is 2.21. The zero-order valence-electron chi connectivity index (χ0n) is 11.4. The van der Waals surface area contributed by atoms with Gasteiger partial charge in [-0.15, -0.1) is 0 Å². The van der Waals surface area contributed by atoms with E-state index in [1.54, 1.807) is 0 Å². The Hall–Kier alpha value is -0.900. The molecule has 1 fully saturated rings. The van der Waals surface area contributed by atoms with Crippen LogP contribution < -0.4 is 5.73 Å². The maximum Gasteiger partial charge on any atom is 0.0320 e. The highest BCUT2D eigenvalue weighted by atomic mass is 15.3. The van der Waals surface area contributed by atoms with Crippen molar-refractivity contribution in [2.24, 2.45) is 5.73 Å². The van der Waals surface area contributed by atoms with Gasteiger partial charge in [0.15, 0.2) is 0 Å². The van der Waals surface area contributed by atoms with Crippen LogP contribution in [0.1, 0.15) is 24.9 Å². The Balaban J connectivity index is 1.82.